The Kier molecular flexibility index (Phi) is 3.93. The molecule has 6 nitrogen and oxygen atoms in total. The zero-order valence-electron chi connectivity index (χ0n) is 10.8. The number of aromatic nitrogens is 2. The first kappa shape index (κ1) is 14.1. The fourth-order valence-electron chi connectivity index (χ4n) is 1.03. The van der Waals surface area contributed by atoms with Crippen molar-refractivity contribution < 1.29 is 12.8 Å². The number of hydrogen-bond acceptors (Lipinski definition) is 6. The molecule has 1 rings (SSSR count). The van der Waals surface area contributed by atoms with Crippen LogP contribution in [0.1, 0.15) is 44.7 Å². The molecule has 0 fully saturated rings. The van der Waals surface area contributed by atoms with E-state index >= 15 is 0 Å². The lowest BCUT2D eigenvalue weighted by molar-refractivity contribution is 0.370. The Bertz CT molecular complexity index is 473. The molecule has 0 aliphatic heterocycles. The van der Waals surface area contributed by atoms with Crippen LogP contribution in [0.25, 0.3) is 0 Å². The molecule has 0 aliphatic carbocycles. The zero-order valence-corrected chi connectivity index (χ0v) is 11.6. The third kappa shape index (κ3) is 4.43. The fourth-order valence-corrected chi connectivity index (χ4v) is 1.49. The largest absolute Gasteiger partial charge is 0.422 e. The summed E-state index contributed by atoms with van der Waals surface area (Å²) in [6, 6.07) is 0. The Morgan fingerprint density at radius 2 is 1.94 bits per heavy atom. The van der Waals surface area contributed by atoms with Crippen LogP contribution in [0.15, 0.2) is 4.42 Å². The summed E-state index contributed by atoms with van der Waals surface area (Å²) in [5.74, 6) is 0.531. The normalized spacial score (nSPS) is 14.9. The third-order valence-electron chi connectivity index (χ3n) is 2.24. The molecule has 7 heteroatoms. The van der Waals surface area contributed by atoms with Crippen molar-refractivity contribution in [2.75, 3.05) is 6.26 Å². The maximum absolute atomic E-state index is 11.3. The van der Waals surface area contributed by atoms with Crippen molar-refractivity contribution in [1.29, 1.82) is 0 Å². The van der Waals surface area contributed by atoms with Crippen LogP contribution < -0.4 is 5.32 Å². The SMILES string of the molecule is CC(c1nnc(CNC(C)(C)C)o1)S(C)(=O)=O. The molecule has 1 unspecified atom stereocenters. The van der Waals surface area contributed by atoms with Crippen LogP contribution in [0.2, 0.25) is 0 Å². The molecule has 0 saturated heterocycles. The molecule has 0 aromatic carbocycles. The number of hydrogen-bond donors (Lipinski definition) is 1. The van der Waals surface area contributed by atoms with Crippen molar-refractivity contribution in [2.45, 2.75) is 45.0 Å². The van der Waals surface area contributed by atoms with Crippen LogP contribution >= 0.6 is 0 Å². The molecule has 0 spiro atoms. The highest BCUT2D eigenvalue weighted by atomic mass is 32.2. The first-order valence-corrected chi connectivity index (χ1v) is 7.31. The second-order valence-electron chi connectivity index (χ2n) is 5.11. The maximum atomic E-state index is 11.3. The van der Waals surface area contributed by atoms with Gasteiger partial charge >= 0.3 is 0 Å². The van der Waals surface area contributed by atoms with Gasteiger partial charge in [0, 0.05) is 11.8 Å². The molecule has 0 amide bonds. The van der Waals surface area contributed by atoms with Crippen molar-refractivity contribution in [1.82, 2.24) is 15.5 Å². The number of rotatable bonds is 4. The Balaban J connectivity index is 2.73. The molecule has 0 radical (unpaired) electrons. The van der Waals surface area contributed by atoms with Gasteiger partial charge < -0.3 is 9.73 Å². The molecule has 98 valence electrons. The minimum absolute atomic E-state index is 0.0585. The summed E-state index contributed by atoms with van der Waals surface area (Å²) in [6.07, 6.45) is 1.15. The molecule has 1 aromatic rings. The van der Waals surface area contributed by atoms with E-state index in [1.807, 2.05) is 20.8 Å². The Morgan fingerprint density at radius 3 is 2.41 bits per heavy atom. The summed E-state index contributed by atoms with van der Waals surface area (Å²) in [7, 11) is -3.20. The smallest absolute Gasteiger partial charge is 0.234 e. The third-order valence-corrected chi connectivity index (χ3v) is 3.73. The maximum Gasteiger partial charge on any atom is 0.234 e. The topological polar surface area (TPSA) is 85.1 Å². The second-order valence-corrected chi connectivity index (χ2v) is 7.48. The van der Waals surface area contributed by atoms with Gasteiger partial charge in [0.25, 0.3) is 0 Å². The Hall–Kier alpha value is -0.950. The number of nitrogens with zero attached hydrogens (tertiary/aromatic N) is 2. The lowest BCUT2D eigenvalue weighted by atomic mass is 10.1. The van der Waals surface area contributed by atoms with Crippen molar-refractivity contribution in [2.24, 2.45) is 0 Å². The number of nitrogens with one attached hydrogen (secondary N) is 1. The van der Waals surface area contributed by atoms with Crippen LogP contribution in [-0.2, 0) is 16.4 Å². The van der Waals surface area contributed by atoms with E-state index in [1.165, 1.54) is 6.92 Å². The van der Waals surface area contributed by atoms with Crippen LogP contribution in [-0.4, -0.2) is 30.4 Å². The van der Waals surface area contributed by atoms with E-state index in [4.69, 9.17) is 4.42 Å². The first-order valence-electron chi connectivity index (χ1n) is 5.36. The average Bonchev–Trinajstić information content (AvgIpc) is 2.59. The molecule has 1 aromatic heterocycles. The van der Waals surface area contributed by atoms with Gasteiger partial charge in [0.05, 0.1) is 6.54 Å². The van der Waals surface area contributed by atoms with Gasteiger partial charge in [-0.05, 0) is 27.7 Å². The van der Waals surface area contributed by atoms with Gasteiger partial charge in [-0.25, -0.2) is 8.42 Å². The molecule has 0 saturated carbocycles. The summed E-state index contributed by atoms with van der Waals surface area (Å²) in [5.41, 5.74) is -0.0585. The van der Waals surface area contributed by atoms with E-state index in [2.05, 4.69) is 15.5 Å². The minimum Gasteiger partial charge on any atom is -0.422 e. The van der Waals surface area contributed by atoms with E-state index in [0.717, 1.165) is 6.26 Å². The molecular formula is C10H19N3O3S. The van der Waals surface area contributed by atoms with Gasteiger partial charge in [-0.15, -0.1) is 10.2 Å². The molecule has 0 aliphatic rings. The summed E-state index contributed by atoms with van der Waals surface area (Å²) >= 11 is 0. The van der Waals surface area contributed by atoms with Gasteiger partial charge in [-0.3, -0.25) is 0 Å². The Labute approximate surface area is 102 Å². The van der Waals surface area contributed by atoms with Gasteiger partial charge in [-0.2, -0.15) is 0 Å². The van der Waals surface area contributed by atoms with Crippen LogP contribution in [0.4, 0.5) is 0 Å². The molecule has 0 bridgehead atoms. The first-order chi connectivity index (χ1) is 7.59. The highest BCUT2D eigenvalue weighted by Crippen LogP contribution is 2.19. The monoisotopic (exact) mass is 261 g/mol. The van der Waals surface area contributed by atoms with Gasteiger partial charge in [0.15, 0.2) is 9.84 Å². The molecular weight excluding hydrogens is 242 g/mol. The highest BCUT2D eigenvalue weighted by Gasteiger charge is 2.23. The van der Waals surface area contributed by atoms with Crippen molar-refractivity contribution in [3.63, 3.8) is 0 Å². The van der Waals surface area contributed by atoms with E-state index < -0.39 is 15.1 Å². The summed E-state index contributed by atoms with van der Waals surface area (Å²) in [6.45, 7) is 8.01. The van der Waals surface area contributed by atoms with Gasteiger partial charge in [-0.1, -0.05) is 0 Å². The van der Waals surface area contributed by atoms with Crippen LogP contribution in [0.3, 0.4) is 0 Å². The van der Waals surface area contributed by atoms with Crippen molar-refractivity contribution in [3.05, 3.63) is 11.8 Å². The van der Waals surface area contributed by atoms with Crippen LogP contribution in [0.5, 0.6) is 0 Å². The van der Waals surface area contributed by atoms with E-state index in [9.17, 15) is 8.42 Å². The quantitative estimate of drug-likeness (QED) is 0.872. The van der Waals surface area contributed by atoms with Crippen molar-refractivity contribution in [3.8, 4) is 0 Å². The standard InChI is InChI=1S/C10H19N3O3S/c1-7(17(5,14)15)9-13-12-8(16-9)6-11-10(2,3)4/h7,11H,6H2,1-5H3. The molecule has 1 N–H and O–H groups in total. The Morgan fingerprint density at radius 1 is 1.35 bits per heavy atom. The molecule has 17 heavy (non-hydrogen) atoms. The molecule has 1 atom stereocenters. The lowest BCUT2D eigenvalue weighted by Gasteiger charge is -2.18. The van der Waals surface area contributed by atoms with E-state index in [0.29, 0.717) is 12.4 Å². The summed E-state index contributed by atoms with van der Waals surface area (Å²) < 4.78 is 27.9. The predicted octanol–water partition coefficient (Wildman–Crippen LogP) is 1.06. The van der Waals surface area contributed by atoms with Crippen LogP contribution in [0, 0.1) is 0 Å². The fraction of sp³-hybridized carbons (Fsp3) is 0.800. The second kappa shape index (κ2) is 4.73. The van der Waals surface area contributed by atoms with Gasteiger partial charge in [0.2, 0.25) is 11.8 Å². The summed E-state index contributed by atoms with van der Waals surface area (Å²) in [4.78, 5) is 0. The number of sulfone groups is 1. The average molecular weight is 261 g/mol. The summed E-state index contributed by atoms with van der Waals surface area (Å²) in [5, 5.41) is 9.98. The predicted molar refractivity (Wildman–Crippen MR) is 64.1 cm³/mol. The highest BCUT2D eigenvalue weighted by molar-refractivity contribution is 7.90. The molecule has 1 heterocycles. The van der Waals surface area contributed by atoms with E-state index in [1.54, 1.807) is 0 Å². The minimum atomic E-state index is -3.20. The van der Waals surface area contributed by atoms with Gasteiger partial charge in [0.1, 0.15) is 5.25 Å². The van der Waals surface area contributed by atoms with Crippen molar-refractivity contribution >= 4 is 9.84 Å². The van der Waals surface area contributed by atoms with E-state index in [-0.39, 0.29) is 11.4 Å². The lowest BCUT2D eigenvalue weighted by Crippen LogP contribution is -2.35. The zero-order chi connectivity index (χ0) is 13.3.